The minimum absolute atomic E-state index is 0.0540. The molecule has 0 saturated carbocycles. The highest BCUT2D eigenvalue weighted by atomic mass is 19.1. The van der Waals surface area contributed by atoms with Gasteiger partial charge in [0.1, 0.15) is 11.3 Å². The third-order valence-electron chi connectivity index (χ3n) is 2.98. The second-order valence-corrected chi connectivity index (χ2v) is 4.26. The maximum atomic E-state index is 12.9. The number of benzene rings is 2. The molecule has 0 fully saturated rings. The van der Waals surface area contributed by atoms with Crippen LogP contribution in [0.5, 0.6) is 0 Å². The number of rotatable bonds is 2. The van der Waals surface area contributed by atoms with Crippen LogP contribution >= 0.6 is 0 Å². The van der Waals surface area contributed by atoms with E-state index < -0.39 is 5.97 Å². The van der Waals surface area contributed by atoms with Gasteiger partial charge in [-0.1, -0.05) is 0 Å². The van der Waals surface area contributed by atoms with E-state index in [0.29, 0.717) is 11.1 Å². The predicted octanol–water partition coefficient (Wildman–Crippen LogP) is 2.78. The third-order valence-corrected chi connectivity index (χ3v) is 2.98. The Morgan fingerprint density at radius 1 is 1.15 bits per heavy atom. The van der Waals surface area contributed by atoms with Crippen LogP contribution in [0.1, 0.15) is 10.4 Å². The van der Waals surface area contributed by atoms with Gasteiger partial charge in [-0.25, -0.2) is 14.2 Å². The number of carbonyl (C=O) groups is 1. The van der Waals surface area contributed by atoms with Crippen LogP contribution in [0.4, 0.5) is 4.39 Å². The number of hydrogen-bond donors (Lipinski definition) is 2. The summed E-state index contributed by atoms with van der Waals surface area (Å²) in [5.74, 6) is -1.25. The van der Waals surface area contributed by atoms with Gasteiger partial charge in [-0.3, -0.25) is 0 Å². The van der Waals surface area contributed by atoms with E-state index in [9.17, 15) is 14.4 Å². The number of aromatic nitrogens is 2. The number of nitrogens with zero attached hydrogens (tertiary/aromatic N) is 2. The number of carboxylic acids is 1. The maximum Gasteiger partial charge on any atom is 0.335 e. The molecule has 0 radical (unpaired) electrons. The van der Waals surface area contributed by atoms with Crippen LogP contribution in [-0.2, 0) is 0 Å². The average molecular weight is 272 g/mol. The zero-order chi connectivity index (χ0) is 14.3. The van der Waals surface area contributed by atoms with Crippen molar-refractivity contribution in [2.24, 2.45) is 0 Å². The number of carboxylic acid groups (broad SMARTS) is 1. The monoisotopic (exact) mass is 272 g/mol. The van der Waals surface area contributed by atoms with Gasteiger partial charge in [0.05, 0.1) is 11.1 Å². The largest absolute Gasteiger partial charge is 0.478 e. The van der Waals surface area contributed by atoms with Crippen molar-refractivity contribution < 1.29 is 19.5 Å². The van der Waals surface area contributed by atoms with Crippen molar-refractivity contribution in [2.45, 2.75) is 0 Å². The molecule has 0 aliphatic rings. The Morgan fingerprint density at radius 2 is 1.85 bits per heavy atom. The van der Waals surface area contributed by atoms with Crippen molar-refractivity contribution >= 4 is 17.0 Å². The number of halogens is 1. The Morgan fingerprint density at radius 3 is 2.50 bits per heavy atom. The maximum absolute atomic E-state index is 12.9. The fourth-order valence-corrected chi connectivity index (χ4v) is 1.98. The van der Waals surface area contributed by atoms with Gasteiger partial charge in [-0.15, -0.1) is 0 Å². The third kappa shape index (κ3) is 1.87. The molecule has 6 heteroatoms. The van der Waals surface area contributed by atoms with Gasteiger partial charge in [-0.2, -0.15) is 4.73 Å². The first kappa shape index (κ1) is 12.2. The Kier molecular flexibility index (Phi) is 2.64. The quantitative estimate of drug-likeness (QED) is 0.703. The predicted molar refractivity (Wildman–Crippen MR) is 69.3 cm³/mol. The van der Waals surface area contributed by atoms with Crippen LogP contribution in [0.25, 0.3) is 22.4 Å². The van der Waals surface area contributed by atoms with Crippen molar-refractivity contribution in [3.05, 3.63) is 53.8 Å². The smallest absolute Gasteiger partial charge is 0.335 e. The summed E-state index contributed by atoms with van der Waals surface area (Å²) in [6, 6.07) is 9.75. The van der Waals surface area contributed by atoms with Crippen molar-refractivity contribution in [3.63, 3.8) is 0 Å². The van der Waals surface area contributed by atoms with E-state index in [1.165, 1.54) is 42.5 Å². The molecule has 20 heavy (non-hydrogen) atoms. The molecule has 0 aliphatic heterocycles. The van der Waals surface area contributed by atoms with Gasteiger partial charge >= 0.3 is 5.97 Å². The Hall–Kier alpha value is -2.89. The molecular weight excluding hydrogens is 263 g/mol. The Labute approximate surface area is 112 Å². The van der Waals surface area contributed by atoms with E-state index in [2.05, 4.69) is 4.98 Å². The molecule has 3 aromatic rings. The molecule has 1 aromatic heterocycles. The molecule has 100 valence electrons. The highest BCUT2D eigenvalue weighted by Gasteiger charge is 2.14. The molecule has 3 rings (SSSR count). The summed E-state index contributed by atoms with van der Waals surface area (Å²) in [5.41, 5.74) is 1.32. The summed E-state index contributed by atoms with van der Waals surface area (Å²) in [6.45, 7) is 0. The summed E-state index contributed by atoms with van der Waals surface area (Å²) in [4.78, 5) is 15.1. The normalized spacial score (nSPS) is 10.8. The zero-order valence-electron chi connectivity index (χ0n) is 10.1. The molecule has 0 bridgehead atoms. The van der Waals surface area contributed by atoms with E-state index in [0.717, 1.165) is 4.73 Å². The molecule has 0 aliphatic carbocycles. The standard InChI is InChI=1S/C14H9FN2O3/c15-10-4-1-8(2-5-10)13-16-11-6-3-9(14(18)19)7-12(11)17(13)20/h1-7,20H,(H,18,19). The fourth-order valence-electron chi connectivity index (χ4n) is 1.98. The molecular formula is C14H9FN2O3. The first-order valence-corrected chi connectivity index (χ1v) is 5.77. The topological polar surface area (TPSA) is 75.3 Å². The van der Waals surface area contributed by atoms with Crippen LogP contribution < -0.4 is 0 Å². The summed E-state index contributed by atoms with van der Waals surface area (Å²) in [5, 5.41) is 19.0. The van der Waals surface area contributed by atoms with E-state index in [1.54, 1.807) is 0 Å². The zero-order valence-corrected chi connectivity index (χ0v) is 10.1. The Bertz CT molecular complexity index is 809. The van der Waals surface area contributed by atoms with Gasteiger partial charge in [0.15, 0.2) is 5.82 Å². The first-order chi connectivity index (χ1) is 9.56. The van der Waals surface area contributed by atoms with Crippen LogP contribution in [0.15, 0.2) is 42.5 Å². The SMILES string of the molecule is O=C(O)c1ccc2nc(-c3ccc(F)cc3)n(O)c2c1. The van der Waals surface area contributed by atoms with E-state index in [1.807, 2.05) is 0 Å². The van der Waals surface area contributed by atoms with Crippen LogP contribution in [0.3, 0.4) is 0 Å². The molecule has 2 aromatic carbocycles. The fraction of sp³-hybridized carbons (Fsp3) is 0. The minimum Gasteiger partial charge on any atom is -0.478 e. The number of fused-ring (bicyclic) bond motifs is 1. The molecule has 0 amide bonds. The van der Waals surface area contributed by atoms with Crippen molar-refractivity contribution in [3.8, 4) is 11.4 Å². The van der Waals surface area contributed by atoms with Crippen LogP contribution in [-0.4, -0.2) is 26.0 Å². The first-order valence-electron chi connectivity index (χ1n) is 5.77. The van der Waals surface area contributed by atoms with E-state index in [-0.39, 0.29) is 22.7 Å². The molecule has 2 N–H and O–H groups in total. The van der Waals surface area contributed by atoms with Gasteiger partial charge in [0.2, 0.25) is 0 Å². The van der Waals surface area contributed by atoms with Crippen molar-refractivity contribution in [1.82, 2.24) is 9.71 Å². The molecule has 0 unspecified atom stereocenters. The van der Waals surface area contributed by atoms with Crippen molar-refractivity contribution in [2.75, 3.05) is 0 Å². The second-order valence-electron chi connectivity index (χ2n) is 4.26. The average Bonchev–Trinajstić information content (AvgIpc) is 2.76. The lowest BCUT2D eigenvalue weighted by atomic mass is 10.2. The van der Waals surface area contributed by atoms with Crippen molar-refractivity contribution in [1.29, 1.82) is 0 Å². The van der Waals surface area contributed by atoms with Crippen LogP contribution in [0, 0.1) is 5.82 Å². The number of imidazole rings is 1. The second kappa shape index (κ2) is 4.34. The van der Waals surface area contributed by atoms with Gasteiger partial charge in [0.25, 0.3) is 0 Å². The van der Waals surface area contributed by atoms with E-state index in [4.69, 9.17) is 5.11 Å². The summed E-state index contributed by atoms with van der Waals surface area (Å²) in [6.07, 6.45) is 0. The highest BCUT2D eigenvalue weighted by molar-refractivity contribution is 5.93. The number of hydrogen-bond acceptors (Lipinski definition) is 3. The highest BCUT2D eigenvalue weighted by Crippen LogP contribution is 2.24. The molecule has 0 atom stereocenters. The van der Waals surface area contributed by atoms with E-state index >= 15 is 0 Å². The summed E-state index contributed by atoms with van der Waals surface area (Å²) < 4.78 is 13.7. The molecule has 5 nitrogen and oxygen atoms in total. The van der Waals surface area contributed by atoms with Gasteiger partial charge in [0, 0.05) is 5.56 Å². The van der Waals surface area contributed by atoms with Crippen LogP contribution in [0.2, 0.25) is 0 Å². The molecule has 0 spiro atoms. The van der Waals surface area contributed by atoms with Gasteiger partial charge < -0.3 is 10.3 Å². The summed E-state index contributed by atoms with van der Waals surface area (Å²) in [7, 11) is 0. The summed E-state index contributed by atoms with van der Waals surface area (Å²) >= 11 is 0. The van der Waals surface area contributed by atoms with Gasteiger partial charge in [-0.05, 0) is 42.5 Å². The minimum atomic E-state index is -1.09. The lowest BCUT2D eigenvalue weighted by Crippen LogP contribution is -1.97. The Balaban J connectivity index is 2.20. The molecule has 1 heterocycles. The lowest BCUT2D eigenvalue weighted by molar-refractivity contribution is 0.0697. The lowest BCUT2D eigenvalue weighted by Gasteiger charge is -2.01. The molecule has 0 saturated heterocycles. The number of aromatic carboxylic acids is 1.